The van der Waals surface area contributed by atoms with Crippen molar-refractivity contribution in [2.75, 3.05) is 50.1 Å². The smallest absolute Gasteiger partial charge is 0.325 e. The second-order valence-electron chi connectivity index (χ2n) is 10.4. The van der Waals surface area contributed by atoms with Crippen molar-refractivity contribution in [3.8, 4) is 0 Å². The zero-order chi connectivity index (χ0) is 29.5. The molecule has 3 heterocycles. The molecule has 220 valence electrons. The average molecular weight is 571 g/mol. The van der Waals surface area contributed by atoms with Crippen molar-refractivity contribution in [3.05, 3.63) is 84.2 Å². The molecule has 0 saturated carbocycles. The Kier molecular flexibility index (Phi) is 9.48. The number of nitrogens with zero attached hydrogens (tertiary/aromatic N) is 4. The normalized spacial score (nSPS) is 14.2. The number of pyridine rings is 1. The fourth-order valence-electron chi connectivity index (χ4n) is 5.24. The van der Waals surface area contributed by atoms with Crippen molar-refractivity contribution in [2.45, 2.75) is 32.4 Å². The molecule has 0 bridgehead atoms. The summed E-state index contributed by atoms with van der Waals surface area (Å²) in [4.78, 5) is 34.1. The molecule has 0 unspecified atom stereocenters. The maximum absolute atomic E-state index is 13.1. The first-order chi connectivity index (χ1) is 20.4. The molecule has 2 aromatic heterocycles. The van der Waals surface area contributed by atoms with Gasteiger partial charge in [0.15, 0.2) is 0 Å². The first-order valence-electron chi connectivity index (χ1n) is 14.4. The van der Waals surface area contributed by atoms with E-state index in [-0.39, 0.29) is 18.0 Å². The topological polar surface area (TPSA) is 112 Å². The molecule has 1 aliphatic rings. The van der Waals surface area contributed by atoms with Gasteiger partial charge in [0.25, 0.3) is 5.91 Å². The van der Waals surface area contributed by atoms with Crippen LogP contribution in [0, 0.1) is 0 Å². The SMILES string of the molecule is CCOCCN(c1ccnc(NC(=O)c2ccc(CN3CCC(O)CC3)cc2)c1)c1ccc2c(ccn2C(=O)NC)c1. The van der Waals surface area contributed by atoms with Crippen molar-refractivity contribution in [2.24, 2.45) is 0 Å². The minimum absolute atomic E-state index is 0.192. The Hall–Kier alpha value is -4.25. The maximum Gasteiger partial charge on any atom is 0.325 e. The lowest BCUT2D eigenvalue weighted by Gasteiger charge is -2.29. The summed E-state index contributed by atoms with van der Waals surface area (Å²) in [5, 5.41) is 16.3. The number of aromatic nitrogens is 2. The van der Waals surface area contributed by atoms with Gasteiger partial charge in [0, 0.05) is 80.6 Å². The van der Waals surface area contributed by atoms with E-state index in [2.05, 4.69) is 25.4 Å². The van der Waals surface area contributed by atoms with E-state index in [4.69, 9.17) is 4.74 Å². The number of aliphatic hydroxyl groups is 1. The summed E-state index contributed by atoms with van der Waals surface area (Å²) in [6.07, 6.45) is 4.84. The van der Waals surface area contributed by atoms with Crippen LogP contribution in [0.5, 0.6) is 0 Å². The molecule has 1 fully saturated rings. The maximum atomic E-state index is 13.1. The van der Waals surface area contributed by atoms with E-state index >= 15 is 0 Å². The summed E-state index contributed by atoms with van der Waals surface area (Å²) in [5.41, 5.74) is 4.28. The summed E-state index contributed by atoms with van der Waals surface area (Å²) in [6, 6.07) is 19.0. The lowest BCUT2D eigenvalue weighted by molar-refractivity contribution is 0.0792. The van der Waals surface area contributed by atoms with Crippen molar-refractivity contribution in [3.63, 3.8) is 0 Å². The Morgan fingerprint density at radius 2 is 1.81 bits per heavy atom. The van der Waals surface area contributed by atoms with E-state index in [0.717, 1.165) is 60.3 Å². The number of carbonyl (C=O) groups excluding carboxylic acids is 2. The molecular weight excluding hydrogens is 532 g/mol. The molecule has 2 amide bonds. The zero-order valence-corrected chi connectivity index (χ0v) is 24.1. The first kappa shape index (κ1) is 29.2. The van der Waals surface area contributed by atoms with Gasteiger partial charge in [0.05, 0.1) is 18.2 Å². The molecule has 2 aromatic carbocycles. The van der Waals surface area contributed by atoms with Gasteiger partial charge in [-0.25, -0.2) is 9.78 Å². The van der Waals surface area contributed by atoms with Crippen LogP contribution in [-0.4, -0.2) is 77.5 Å². The number of hydrogen-bond donors (Lipinski definition) is 3. The molecule has 42 heavy (non-hydrogen) atoms. The van der Waals surface area contributed by atoms with Crippen LogP contribution < -0.4 is 15.5 Å². The number of amides is 2. The number of nitrogens with one attached hydrogen (secondary N) is 2. The van der Waals surface area contributed by atoms with E-state index in [1.807, 2.05) is 67.6 Å². The van der Waals surface area contributed by atoms with Crippen molar-refractivity contribution >= 4 is 40.0 Å². The molecule has 10 heteroatoms. The van der Waals surface area contributed by atoms with Crippen LogP contribution in [0.15, 0.2) is 73.1 Å². The molecule has 0 atom stereocenters. The molecule has 3 N–H and O–H groups in total. The van der Waals surface area contributed by atoms with Crippen LogP contribution in [0.1, 0.15) is 35.7 Å². The number of fused-ring (bicyclic) bond motifs is 1. The lowest BCUT2D eigenvalue weighted by atomic mass is 10.1. The van der Waals surface area contributed by atoms with E-state index < -0.39 is 0 Å². The summed E-state index contributed by atoms with van der Waals surface area (Å²) in [7, 11) is 1.61. The second kappa shape index (κ2) is 13.6. The first-order valence-corrected chi connectivity index (χ1v) is 14.4. The molecule has 0 radical (unpaired) electrons. The van der Waals surface area contributed by atoms with Crippen LogP contribution in [0.3, 0.4) is 0 Å². The van der Waals surface area contributed by atoms with Crippen LogP contribution >= 0.6 is 0 Å². The highest BCUT2D eigenvalue weighted by atomic mass is 16.5. The van der Waals surface area contributed by atoms with Gasteiger partial charge in [-0.05, 0) is 67.8 Å². The second-order valence-corrected chi connectivity index (χ2v) is 10.4. The van der Waals surface area contributed by atoms with Gasteiger partial charge in [-0.3, -0.25) is 14.3 Å². The fraction of sp³-hybridized carbons (Fsp3) is 0.344. The Labute approximate surface area is 245 Å². The van der Waals surface area contributed by atoms with Gasteiger partial charge >= 0.3 is 6.03 Å². The van der Waals surface area contributed by atoms with E-state index in [0.29, 0.717) is 31.1 Å². The minimum atomic E-state index is -0.231. The lowest BCUT2D eigenvalue weighted by Crippen LogP contribution is -2.35. The van der Waals surface area contributed by atoms with Gasteiger partial charge in [0.2, 0.25) is 0 Å². The van der Waals surface area contributed by atoms with Gasteiger partial charge in [-0.1, -0.05) is 12.1 Å². The number of anilines is 3. The number of carbonyl (C=O) groups is 2. The fourth-order valence-corrected chi connectivity index (χ4v) is 5.24. The molecule has 0 spiro atoms. The molecule has 0 aliphatic carbocycles. The van der Waals surface area contributed by atoms with Gasteiger partial charge < -0.3 is 25.4 Å². The largest absolute Gasteiger partial charge is 0.393 e. The third kappa shape index (κ3) is 6.96. The van der Waals surface area contributed by atoms with Gasteiger partial charge in [0.1, 0.15) is 5.82 Å². The van der Waals surface area contributed by atoms with Crippen molar-refractivity contribution < 1.29 is 19.4 Å². The highest BCUT2D eigenvalue weighted by Crippen LogP contribution is 2.30. The Morgan fingerprint density at radius 1 is 1.05 bits per heavy atom. The van der Waals surface area contributed by atoms with Crippen LogP contribution in [0.4, 0.5) is 22.0 Å². The number of aliphatic hydroxyl groups excluding tert-OH is 1. The Balaban J connectivity index is 1.31. The number of rotatable bonds is 10. The summed E-state index contributed by atoms with van der Waals surface area (Å²) in [5.74, 6) is 0.215. The summed E-state index contributed by atoms with van der Waals surface area (Å²) in [6.45, 7) is 6.24. The van der Waals surface area contributed by atoms with Crippen LogP contribution in [-0.2, 0) is 11.3 Å². The molecular formula is C32H38N6O4. The summed E-state index contributed by atoms with van der Waals surface area (Å²) >= 11 is 0. The van der Waals surface area contributed by atoms with E-state index in [1.54, 1.807) is 24.0 Å². The van der Waals surface area contributed by atoms with E-state index in [1.165, 1.54) is 0 Å². The predicted molar refractivity (Wildman–Crippen MR) is 164 cm³/mol. The molecule has 1 saturated heterocycles. The summed E-state index contributed by atoms with van der Waals surface area (Å²) < 4.78 is 7.24. The van der Waals surface area contributed by atoms with E-state index in [9.17, 15) is 14.7 Å². The Bertz CT molecular complexity index is 1510. The monoisotopic (exact) mass is 570 g/mol. The Morgan fingerprint density at radius 3 is 2.55 bits per heavy atom. The predicted octanol–water partition coefficient (Wildman–Crippen LogP) is 4.61. The average Bonchev–Trinajstić information content (AvgIpc) is 3.44. The number of ether oxygens (including phenoxy) is 1. The third-order valence-corrected chi connectivity index (χ3v) is 7.56. The zero-order valence-electron chi connectivity index (χ0n) is 24.1. The number of piperidine rings is 1. The quantitative estimate of drug-likeness (QED) is 0.239. The third-order valence-electron chi connectivity index (χ3n) is 7.56. The van der Waals surface area contributed by atoms with Crippen LogP contribution in [0.25, 0.3) is 10.9 Å². The van der Waals surface area contributed by atoms with Crippen LogP contribution in [0.2, 0.25) is 0 Å². The van der Waals surface area contributed by atoms with Crippen molar-refractivity contribution in [1.29, 1.82) is 0 Å². The van der Waals surface area contributed by atoms with Gasteiger partial charge in [-0.15, -0.1) is 0 Å². The molecule has 4 aromatic rings. The molecule has 1 aliphatic heterocycles. The number of hydrogen-bond acceptors (Lipinski definition) is 7. The number of likely N-dealkylation sites (tertiary alicyclic amines) is 1. The van der Waals surface area contributed by atoms with Gasteiger partial charge in [-0.2, -0.15) is 0 Å². The van der Waals surface area contributed by atoms with Crippen molar-refractivity contribution in [1.82, 2.24) is 19.8 Å². The highest BCUT2D eigenvalue weighted by Gasteiger charge is 2.18. The number of benzene rings is 2. The molecule has 5 rings (SSSR count). The molecule has 10 nitrogen and oxygen atoms in total. The highest BCUT2D eigenvalue weighted by molar-refractivity contribution is 6.04. The minimum Gasteiger partial charge on any atom is -0.393 e. The standard InChI is InChI=1S/C32H38N6O4/c1-3-42-19-18-37(26-8-9-29-25(20-26)11-17-38(29)32(41)33-2)27-10-14-34-30(21-27)35-31(40)24-6-4-23(5-7-24)22-36-15-12-28(39)13-16-36/h4-11,14,17,20-21,28,39H,3,12-13,15-16,18-19,22H2,1-2H3,(H,33,41)(H,34,35,40).